The van der Waals surface area contributed by atoms with E-state index < -0.39 is 23.7 Å². The molecule has 96 valence electrons. The summed E-state index contributed by atoms with van der Waals surface area (Å²) in [6.07, 6.45) is 3.68. The molecule has 1 heterocycles. The standard InChI is InChI=1S/C12H19NO4/c1-12(2,3)17-11(15)13-8-6-5-7-9(13)10(14)16-4/h5-6,9H,7-8H2,1-4H3/t9-/m1/s1. The van der Waals surface area contributed by atoms with Crippen LogP contribution in [0.1, 0.15) is 27.2 Å². The van der Waals surface area contributed by atoms with E-state index in [0.717, 1.165) is 0 Å². The van der Waals surface area contributed by atoms with Crippen LogP contribution in [0.5, 0.6) is 0 Å². The lowest BCUT2D eigenvalue weighted by atomic mass is 10.1. The zero-order valence-electron chi connectivity index (χ0n) is 10.7. The average Bonchev–Trinajstić information content (AvgIpc) is 2.25. The highest BCUT2D eigenvalue weighted by Crippen LogP contribution is 2.17. The van der Waals surface area contributed by atoms with Crippen LogP contribution in [0, 0.1) is 0 Å². The minimum absolute atomic E-state index is 0.370. The van der Waals surface area contributed by atoms with E-state index in [-0.39, 0.29) is 0 Å². The van der Waals surface area contributed by atoms with Crippen molar-refractivity contribution in [2.24, 2.45) is 0 Å². The lowest BCUT2D eigenvalue weighted by Gasteiger charge is -2.32. The molecule has 1 aliphatic heterocycles. The van der Waals surface area contributed by atoms with Gasteiger partial charge in [-0.1, -0.05) is 12.2 Å². The number of esters is 1. The van der Waals surface area contributed by atoms with Gasteiger partial charge in [0.2, 0.25) is 0 Å². The van der Waals surface area contributed by atoms with Crippen molar-refractivity contribution in [1.82, 2.24) is 4.90 Å². The van der Waals surface area contributed by atoms with Crippen LogP contribution >= 0.6 is 0 Å². The van der Waals surface area contributed by atoms with Crippen LogP contribution in [0.2, 0.25) is 0 Å². The number of carbonyl (C=O) groups excluding carboxylic acids is 2. The first kappa shape index (κ1) is 13.5. The summed E-state index contributed by atoms with van der Waals surface area (Å²) in [6, 6.07) is -0.583. The Labute approximate surface area is 101 Å². The lowest BCUT2D eigenvalue weighted by molar-refractivity contribution is -0.146. The molecule has 0 aromatic carbocycles. The van der Waals surface area contributed by atoms with Gasteiger partial charge in [-0.3, -0.25) is 4.90 Å². The third-order valence-electron chi connectivity index (χ3n) is 2.31. The molecule has 1 rings (SSSR count). The molecule has 5 nitrogen and oxygen atoms in total. The molecule has 0 saturated heterocycles. The molecule has 0 bridgehead atoms. The molecule has 0 radical (unpaired) electrons. The molecular formula is C12H19NO4. The van der Waals surface area contributed by atoms with Gasteiger partial charge >= 0.3 is 12.1 Å². The second-order valence-corrected chi connectivity index (χ2v) is 4.88. The maximum absolute atomic E-state index is 11.9. The molecule has 1 amide bonds. The van der Waals surface area contributed by atoms with Gasteiger partial charge in [-0.05, 0) is 27.2 Å². The number of hydrogen-bond acceptors (Lipinski definition) is 4. The van der Waals surface area contributed by atoms with Crippen LogP contribution < -0.4 is 0 Å². The molecule has 0 N–H and O–H groups in total. The largest absolute Gasteiger partial charge is 0.467 e. The number of carbonyl (C=O) groups is 2. The highest BCUT2D eigenvalue weighted by atomic mass is 16.6. The van der Waals surface area contributed by atoms with Crippen molar-refractivity contribution < 1.29 is 19.1 Å². The van der Waals surface area contributed by atoms with Gasteiger partial charge in [-0.25, -0.2) is 9.59 Å². The molecule has 0 unspecified atom stereocenters. The highest BCUT2D eigenvalue weighted by Gasteiger charge is 2.33. The number of methoxy groups -OCH3 is 1. The van der Waals surface area contributed by atoms with Crippen molar-refractivity contribution >= 4 is 12.1 Å². The number of rotatable bonds is 1. The van der Waals surface area contributed by atoms with Crippen molar-refractivity contribution in [3.63, 3.8) is 0 Å². The van der Waals surface area contributed by atoms with Gasteiger partial charge in [-0.15, -0.1) is 0 Å². The molecule has 0 saturated carbocycles. The Hall–Kier alpha value is -1.52. The van der Waals surface area contributed by atoms with Crippen molar-refractivity contribution in [1.29, 1.82) is 0 Å². The molecule has 5 heteroatoms. The van der Waals surface area contributed by atoms with Crippen LogP contribution in [-0.4, -0.2) is 42.3 Å². The summed E-state index contributed by atoms with van der Waals surface area (Å²) in [6.45, 7) is 5.74. The Morgan fingerprint density at radius 2 is 1.94 bits per heavy atom. The minimum atomic E-state index is -0.583. The topological polar surface area (TPSA) is 55.8 Å². The SMILES string of the molecule is COC(=O)[C@H]1CC=CCN1C(=O)OC(C)(C)C. The average molecular weight is 241 g/mol. The summed E-state index contributed by atoms with van der Waals surface area (Å²) in [5.41, 5.74) is -0.571. The molecule has 1 aliphatic rings. The molecule has 0 aromatic heterocycles. The third kappa shape index (κ3) is 3.76. The first-order valence-electron chi connectivity index (χ1n) is 5.57. The van der Waals surface area contributed by atoms with E-state index in [4.69, 9.17) is 4.74 Å². The molecule has 1 atom stereocenters. The molecule has 0 aliphatic carbocycles. The van der Waals surface area contributed by atoms with E-state index in [2.05, 4.69) is 4.74 Å². The van der Waals surface area contributed by atoms with Gasteiger partial charge in [0, 0.05) is 6.54 Å². The quantitative estimate of drug-likeness (QED) is 0.518. The van der Waals surface area contributed by atoms with Crippen LogP contribution in [0.25, 0.3) is 0 Å². The number of nitrogens with zero attached hydrogens (tertiary/aromatic N) is 1. The van der Waals surface area contributed by atoms with Gasteiger partial charge in [0.15, 0.2) is 0 Å². The second kappa shape index (κ2) is 5.21. The van der Waals surface area contributed by atoms with Crippen LogP contribution in [0.3, 0.4) is 0 Å². The van der Waals surface area contributed by atoms with Gasteiger partial charge in [-0.2, -0.15) is 0 Å². The van der Waals surface area contributed by atoms with Gasteiger partial charge in [0.25, 0.3) is 0 Å². The molecular weight excluding hydrogens is 222 g/mol. The van der Waals surface area contributed by atoms with Gasteiger partial charge in [0.1, 0.15) is 11.6 Å². The summed E-state index contributed by atoms with van der Waals surface area (Å²) in [4.78, 5) is 24.8. The van der Waals surface area contributed by atoms with Crippen molar-refractivity contribution in [2.75, 3.05) is 13.7 Å². The minimum Gasteiger partial charge on any atom is -0.467 e. The van der Waals surface area contributed by atoms with Gasteiger partial charge < -0.3 is 9.47 Å². The Balaban J connectivity index is 2.76. The Kier molecular flexibility index (Phi) is 4.15. The summed E-state index contributed by atoms with van der Waals surface area (Å²) in [5.74, 6) is -0.416. The van der Waals surface area contributed by atoms with E-state index >= 15 is 0 Å². The highest BCUT2D eigenvalue weighted by molar-refractivity contribution is 5.82. The van der Waals surface area contributed by atoms with E-state index in [1.54, 1.807) is 20.8 Å². The predicted octanol–water partition coefficient (Wildman–Crippen LogP) is 1.72. The van der Waals surface area contributed by atoms with Crippen molar-refractivity contribution in [3.8, 4) is 0 Å². The van der Waals surface area contributed by atoms with Crippen molar-refractivity contribution in [2.45, 2.75) is 38.8 Å². The van der Waals surface area contributed by atoms with Crippen LogP contribution in [0.15, 0.2) is 12.2 Å². The number of amides is 1. The fraction of sp³-hybridized carbons (Fsp3) is 0.667. The Bertz CT molecular complexity index is 330. The van der Waals surface area contributed by atoms with E-state index in [9.17, 15) is 9.59 Å². The smallest absolute Gasteiger partial charge is 0.411 e. The summed E-state index contributed by atoms with van der Waals surface area (Å²) >= 11 is 0. The zero-order valence-corrected chi connectivity index (χ0v) is 10.7. The summed E-state index contributed by atoms with van der Waals surface area (Å²) in [5, 5.41) is 0. The fourth-order valence-electron chi connectivity index (χ4n) is 1.55. The predicted molar refractivity (Wildman–Crippen MR) is 62.5 cm³/mol. The molecule has 0 fully saturated rings. The normalized spacial score (nSPS) is 20.0. The monoisotopic (exact) mass is 241 g/mol. The van der Waals surface area contributed by atoms with Gasteiger partial charge in [0.05, 0.1) is 7.11 Å². The van der Waals surface area contributed by atoms with Crippen molar-refractivity contribution in [3.05, 3.63) is 12.2 Å². The maximum Gasteiger partial charge on any atom is 0.411 e. The van der Waals surface area contributed by atoms with E-state index in [1.807, 2.05) is 12.2 Å². The fourth-order valence-corrected chi connectivity index (χ4v) is 1.55. The third-order valence-corrected chi connectivity index (χ3v) is 2.31. The Morgan fingerprint density at radius 1 is 1.29 bits per heavy atom. The maximum atomic E-state index is 11.9. The number of hydrogen-bond donors (Lipinski definition) is 0. The summed E-state index contributed by atoms with van der Waals surface area (Å²) in [7, 11) is 1.31. The van der Waals surface area contributed by atoms with Crippen LogP contribution in [0.4, 0.5) is 4.79 Å². The van der Waals surface area contributed by atoms with Crippen LogP contribution in [-0.2, 0) is 14.3 Å². The second-order valence-electron chi connectivity index (χ2n) is 4.88. The first-order chi connectivity index (χ1) is 7.85. The Morgan fingerprint density at radius 3 is 2.47 bits per heavy atom. The zero-order chi connectivity index (χ0) is 13.1. The molecule has 17 heavy (non-hydrogen) atoms. The number of ether oxygens (including phenoxy) is 2. The molecule has 0 spiro atoms. The molecule has 0 aromatic rings. The lowest BCUT2D eigenvalue weighted by Crippen LogP contribution is -2.48. The summed E-state index contributed by atoms with van der Waals surface area (Å²) < 4.78 is 9.93. The first-order valence-corrected chi connectivity index (χ1v) is 5.57. The van der Waals surface area contributed by atoms with E-state index in [1.165, 1.54) is 12.0 Å². The van der Waals surface area contributed by atoms with E-state index in [0.29, 0.717) is 13.0 Å².